The summed E-state index contributed by atoms with van der Waals surface area (Å²) in [6.45, 7) is 3.92. The lowest BCUT2D eigenvalue weighted by Gasteiger charge is -2.42. The number of nitrogens with zero attached hydrogens (tertiary/aromatic N) is 1. The van der Waals surface area contributed by atoms with Crippen molar-refractivity contribution in [3.63, 3.8) is 0 Å². The van der Waals surface area contributed by atoms with E-state index in [9.17, 15) is 13.2 Å². The summed E-state index contributed by atoms with van der Waals surface area (Å²) in [7, 11) is 0. The third-order valence-corrected chi connectivity index (χ3v) is 4.60. The molecule has 2 saturated heterocycles. The quantitative estimate of drug-likeness (QED) is 0.859. The zero-order valence-corrected chi connectivity index (χ0v) is 11.2. The van der Waals surface area contributed by atoms with E-state index in [-0.39, 0.29) is 18.3 Å². The predicted molar refractivity (Wildman–Crippen MR) is 66.8 cm³/mol. The number of halogens is 3. The highest BCUT2D eigenvalue weighted by atomic mass is 19.4. The molecule has 2 aliphatic heterocycles. The minimum Gasteiger partial charge on any atom is -0.381 e. The third-order valence-electron chi connectivity index (χ3n) is 4.60. The number of piperidine rings is 1. The van der Waals surface area contributed by atoms with E-state index in [1.165, 1.54) is 0 Å². The van der Waals surface area contributed by atoms with Crippen molar-refractivity contribution in [2.45, 2.75) is 31.9 Å². The van der Waals surface area contributed by atoms with Gasteiger partial charge in [-0.3, -0.25) is 0 Å². The van der Waals surface area contributed by atoms with E-state index in [4.69, 9.17) is 10.5 Å². The van der Waals surface area contributed by atoms with Gasteiger partial charge in [-0.2, -0.15) is 13.2 Å². The molecule has 0 aromatic carbocycles. The monoisotopic (exact) mass is 280 g/mol. The Hall–Kier alpha value is -0.330. The molecule has 0 unspecified atom stereocenters. The molecule has 0 spiro atoms. The molecule has 0 atom stereocenters. The van der Waals surface area contributed by atoms with Gasteiger partial charge in [-0.05, 0) is 50.7 Å². The van der Waals surface area contributed by atoms with Crippen LogP contribution in [0.3, 0.4) is 0 Å². The van der Waals surface area contributed by atoms with Crippen molar-refractivity contribution < 1.29 is 17.9 Å². The topological polar surface area (TPSA) is 38.5 Å². The van der Waals surface area contributed by atoms with Crippen LogP contribution in [0.4, 0.5) is 13.2 Å². The Morgan fingerprint density at radius 1 is 1.16 bits per heavy atom. The summed E-state index contributed by atoms with van der Waals surface area (Å²) in [4.78, 5) is 2.15. The van der Waals surface area contributed by atoms with Gasteiger partial charge in [0.15, 0.2) is 0 Å². The van der Waals surface area contributed by atoms with Crippen LogP contribution in [0.2, 0.25) is 0 Å². The summed E-state index contributed by atoms with van der Waals surface area (Å²) in [5.74, 6) is -1.12. The summed E-state index contributed by atoms with van der Waals surface area (Å²) >= 11 is 0. The molecular weight excluding hydrogens is 257 g/mol. The van der Waals surface area contributed by atoms with Gasteiger partial charge in [-0.1, -0.05) is 0 Å². The second kappa shape index (κ2) is 5.97. The second-order valence-electron chi connectivity index (χ2n) is 5.91. The van der Waals surface area contributed by atoms with Gasteiger partial charge in [0.25, 0.3) is 0 Å². The Morgan fingerprint density at radius 2 is 1.74 bits per heavy atom. The lowest BCUT2D eigenvalue weighted by molar-refractivity contribution is -0.185. The average molecular weight is 280 g/mol. The van der Waals surface area contributed by atoms with Crippen LogP contribution in [0.5, 0.6) is 0 Å². The van der Waals surface area contributed by atoms with E-state index < -0.39 is 12.1 Å². The molecule has 2 heterocycles. The van der Waals surface area contributed by atoms with E-state index in [1.807, 2.05) is 0 Å². The van der Waals surface area contributed by atoms with Crippen molar-refractivity contribution in [3.05, 3.63) is 0 Å². The number of ether oxygens (including phenoxy) is 1. The zero-order chi connectivity index (χ0) is 13.9. The molecule has 6 heteroatoms. The van der Waals surface area contributed by atoms with Gasteiger partial charge in [-0.25, -0.2) is 0 Å². The fraction of sp³-hybridized carbons (Fsp3) is 1.00. The first-order valence-corrected chi connectivity index (χ1v) is 7.02. The normalized spacial score (nSPS) is 26.5. The number of nitrogens with two attached hydrogens (primary N) is 1. The highest BCUT2D eigenvalue weighted by Gasteiger charge is 2.42. The zero-order valence-electron chi connectivity index (χ0n) is 11.2. The Morgan fingerprint density at radius 3 is 2.21 bits per heavy atom. The Bertz CT molecular complexity index is 282. The van der Waals surface area contributed by atoms with E-state index in [0.717, 1.165) is 32.6 Å². The molecule has 0 amide bonds. The first-order valence-electron chi connectivity index (χ1n) is 7.02. The summed E-state index contributed by atoms with van der Waals surface area (Å²) in [6.07, 6.45) is -1.75. The lowest BCUT2D eigenvalue weighted by atomic mass is 9.79. The first-order chi connectivity index (χ1) is 8.95. The summed E-state index contributed by atoms with van der Waals surface area (Å²) in [6, 6.07) is 0. The van der Waals surface area contributed by atoms with Gasteiger partial charge in [0, 0.05) is 19.8 Å². The molecule has 2 fully saturated rings. The molecule has 0 radical (unpaired) electrons. The average Bonchev–Trinajstić information content (AvgIpc) is 2.39. The van der Waals surface area contributed by atoms with E-state index in [1.54, 1.807) is 0 Å². The fourth-order valence-electron chi connectivity index (χ4n) is 3.12. The molecule has 2 aliphatic rings. The molecule has 2 rings (SSSR count). The van der Waals surface area contributed by atoms with Crippen LogP contribution in [0, 0.1) is 11.3 Å². The van der Waals surface area contributed by atoms with Crippen LogP contribution >= 0.6 is 0 Å². The predicted octanol–water partition coefficient (Wildman–Crippen LogP) is 2.02. The molecule has 0 bridgehead atoms. The minimum absolute atomic E-state index is 0.0450. The Balaban J connectivity index is 1.84. The molecule has 0 aliphatic carbocycles. The molecule has 0 aromatic heterocycles. The minimum atomic E-state index is -4.03. The summed E-state index contributed by atoms with van der Waals surface area (Å²) in [5, 5.41) is 0. The van der Waals surface area contributed by atoms with E-state index >= 15 is 0 Å². The second-order valence-corrected chi connectivity index (χ2v) is 5.91. The number of hydrogen-bond acceptors (Lipinski definition) is 3. The largest absolute Gasteiger partial charge is 0.391 e. The number of rotatable bonds is 3. The maximum atomic E-state index is 12.6. The smallest absolute Gasteiger partial charge is 0.381 e. The molecule has 0 saturated carbocycles. The van der Waals surface area contributed by atoms with Crippen molar-refractivity contribution in [2.75, 3.05) is 39.4 Å². The standard InChI is InChI=1S/C13H23F3N2O/c14-13(15,16)11-1-5-18(6-2-11)10-12(9-17)3-7-19-8-4-12/h11H,1-10,17H2. The van der Waals surface area contributed by atoms with E-state index in [0.29, 0.717) is 19.6 Å². The van der Waals surface area contributed by atoms with Crippen LogP contribution in [-0.2, 0) is 4.74 Å². The van der Waals surface area contributed by atoms with Crippen LogP contribution in [0.25, 0.3) is 0 Å². The number of alkyl halides is 3. The first kappa shape index (κ1) is 15.1. The molecule has 0 aromatic rings. The summed E-state index contributed by atoms with van der Waals surface area (Å²) in [5.41, 5.74) is 5.93. The van der Waals surface area contributed by atoms with Crippen LogP contribution in [0.1, 0.15) is 25.7 Å². The van der Waals surface area contributed by atoms with Crippen LogP contribution in [-0.4, -0.2) is 50.5 Å². The number of likely N-dealkylation sites (tertiary alicyclic amines) is 1. The van der Waals surface area contributed by atoms with Gasteiger partial charge >= 0.3 is 6.18 Å². The van der Waals surface area contributed by atoms with Crippen molar-refractivity contribution in [2.24, 2.45) is 17.1 Å². The molecular formula is C13H23F3N2O. The van der Waals surface area contributed by atoms with Gasteiger partial charge in [-0.15, -0.1) is 0 Å². The van der Waals surface area contributed by atoms with Gasteiger partial charge < -0.3 is 15.4 Å². The molecule has 2 N–H and O–H groups in total. The van der Waals surface area contributed by atoms with E-state index in [2.05, 4.69) is 4.90 Å². The maximum Gasteiger partial charge on any atom is 0.391 e. The molecule has 3 nitrogen and oxygen atoms in total. The Kier molecular flexibility index (Phi) is 4.74. The van der Waals surface area contributed by atoms with Crippen molar-refractivity contribution in [3.8, 4) is 0 Å². The lowest BCUT2D eigenvalue weighted by Crippen LogP contribution is -2.49. The molecule has 19 heavy (non-hydrogen) atoms. The highest BCUT2D eigenvalue weighted by molar-refractivity contribution is 4.88. The van der Waals surface area contributed by atoms with Crippen molar-refractivity contribution in [1.82, 2.24) is 4.90 Å². The Labute approximate surface area is 112 Å². The SMILES string of the molecule is NCC1(CN2CCC(C(F)(F)F)CC2)CCOCC1. The van der Waals surface area contributed by atoms with Gasteiger partial charge in [0.2, 0.25) is 0 Å². The highest BCUT2D eigenvalue weighted by Crippen LogP contribution is 2.36. The van der Waals surface area contributed by atoms with Gasteiger partial charge in [0.05, 0.1) is 5.92 Å². The fourth-order valence-corrected chi connectivity index (χ4v) is 3.12. The van der Waals surface area contributed by atoms with Crippen LogP contribution in [0.15, 0.2) is 0 Å². The van der Waals surface area contributed by atoms with Gasteiger partial charge in [0.1, 0.15) is 0 Å². The van der Waals surface area contributed by atoms with Crippen molar-refractivity contribution >= 4 is 0 Å². The van der Waals surface area contributed by atoms with Crippen LogP contribution < -0.4 is 5.73 Å². The summed E-state index contributed by atoms with van der Waals surface area (Å²) < 4.78 is 43.2. The van der Waals surface area contributed by atoms with Crippen molar-refractivity contribution in [1.29, 1.82) is 0 Å². The molecule has 112 valence electrons. The maximum absolute atomic E-state index is 12.6. The third kappa shape index (κ3) is 3.83. The number of hydrogen-bond donors (Lipinski definition) is 1.